The van der Waals surface area contributed by atoms with E-state index in [9.17, 15) is 13.2 Å². The highest BCUT2D eigenvalue weighted by Crippen LogP contribution is 2.24. The zero-order valence-corrected chi connectivity index (χ0v) is 11.5. The van der Waals surface area contributed by atoms with Gasteiger partial charge in [0.15, 0.2) is 0 Å². The number of hydrogen-bond acceptors (Lipinski definition) is 5. The summed E-state index contributed by atoms with van der Waals surface area (Å²) in [6, 6.07) is 2.89. The first-order valence-corrected chi connectivity index (χ1v) is 7.49. The van der Waals surface area contributed by atoms with Crippen LogP contribution in [0.15, 0.2) is 28.7 Å². The minimum absolute atomic E-state index is 0.0765. The SMILES string of the molecule is Cn1cc(NS(=O)(=O)c2ccc(CC(=O)O)s2)cn1. The Bertz CT molecular complexity index is 702. The fourth-order valence-corrected chi connectivity index (χ4v) is 3.80. The van der Waals surface area contributed by atoms with Crippen LogP contribution in [0.25, 0.3) is 0 Å². The van der Waals surface area contributed by atoms with Crippen LogP contribution in [0.5, 0.6) is 0 Å². The molecule has 2 rings (SSSR count). The molecule has 0 aliphatic carbocycles. The van der Waals surface area contributed by atoms with E-state index in [1.54, 1.807) is 7.05 Å². The zero-order valence-electron chi connectivity index (χ0n) is 9.90. The first-order chi connectivity index (χ1) is 8.87. The molecule has 19 heavy (non-hydrogen) atoms. The van der Waals surface area contributed by atoms with Crippen molar-refractivity contribution in [3.05, 3.63) is 29.4 Å². The van der Waals surface area contributed by atoms with Gasteiger partial charge in [0.25, 0.3) is 10.0 Å². The summed E-state index contributed by atoms with van der Waals surface area (Å²) >= 11 is 0.936. The van der Waals surface area contributed by atoms with Crippen LogP contribution in [0.1, 0.15) is 4.88 Å². The van der Waals surface area contributed by atoms with Gasteiger partial charge >= 0.3 is 5.97 Å². The molecule has 2 heterocycles. The summed E-state index contributed by atoms with van der Waals surface area (Å²) < 4.78 is 28.0. The summed E-state index contributed by atoms with van der Waals surface area (Å²) in [5.41, 5.74) is 0.357. The average molecular weight is 301 g/mol. The van der Waals surface area contributed by atoms with Crippen LogP contribution >= 0.6 is 11.3 Å². The molecule has 0 unspecified atom stereocenters. The Morgan fingerprint density at radius 1 is 1.53 bits per heavy atom. The highest BCUT2D eigenvalue weighted by Gasteiger charge is 2.18. The molecule has 0 fully saturated rings. The second-order valence-corrected chi connectivity index (χ2v) is 6.88. The van der Waals surface area contributed by atoms with Gasteiger partial charge in [-0.05, 0) is 12.1 Å². The predicted octanol–water partition coefficient (Wildman–Crippen LogP) is 0.909. The maximum absolute atomic E-state index is 12.0. The van der Waals surface area contributed by atoms with Crippen molar-refractivity contribution in [2.75, 3.05) is 4.72 Å². The number of nitrogens with one attached hydrogen (secondary N) is 1. The molecule has 2 aromatic rings. The molecule has 102 valence electrons. The number of thiophene rings is 1. The van der Waals surface area contributed by atoms with E-state index in [1.165, 1.54) is 29.2 Å². The number of aromatic nitrogens is 2. The minimum Gasteiger partial charge on any atom is -0.481 e. The van der Waals surface area contributed by atoms with E-state index in [0.717, 1.165) is 11.3 Å². The van der Waals surface area contributed by atoms with Crippen LogP contribution in [0, 0.1) is 0 Å². The van der Waals surface area contributed by atoms with E-state index in [-0.39, 0.29) is 10.6 Å². The highest BCUT2D eigenvalue weighted by molar-refractivity contribution is 7.94. The molecule has 0 aliphatic heterocycles. The molecule has 9 heteroatoms. The fraction of sp³-hybridized carbons (Fsp3) is 0.200. The van der Waals surface area contributed by atoms with Crippen LogP contribution in [-0.2, 0) is 28.3 Å². The van der Waals surface area contributed by atoms with Gasteiger partial charge in [-0.1, -0.05) is 0 Å². The number of carboxylic acids is 1. The Balaban J connectivity index is 2.19. The predicted molar refractivity (Wildman–Crippen MR) is 69.7 cm³/mol. The molecule has 2 aromatic heterocycles. The van der Waals surface area contributed by atoms with Crippen molar-refractivity contribution in [1.29, 1.82) is 0 Å². The van der Waals surface area contributed by atoms with E-state index >= 15 is 0 Å². The lowest BCUT2D eigenvalue weighted by molar-refractivity contribution is -0.136. The van der Waals surface area contributed by atoms with Crippen molar-refractivity contribution in [3.8, 4) is 0 Å². The second kappa shape index (κ2) is 5.02. The van der Waals surface area contributed by atoms with Gasteiger partial charge in [-0.15, -0.1) is 11.3 Å². The lowest BCUT2D eigenvalue weighted by Gasteiger charge is -2.02. The van der Waals surface area contributed by atoms with Crippen molar-refractivity contribution < 1.29 is 18.3 Å². The van der Waals surface area contributed by atoms with Gasteiger partial charge < -0.3 is 5.11 Å². The molecule has 0 spiro atoms. The van der Waals surface area contributed by atoms with Crippen LogP contribution in [-0.4, -0.2) is 29.3 Å². The lowest BCUT2D eigenvalue weighted by Crippen LogP contribution is -2.10. The van der Waals surface area contributed by atoms with Gasteiger partial charge in [-0.2, -0.15) is 5.10 Å². The molecular formula is C10H11N3O4S2. The van der Waals surface area contributed by atoms with E-state index in [0.29, 0.717) is 10.6 Å². The second-order valence-electron chi connectivity index (χ2n) is 3.80. The zero-order chi connectivity index (χ0) is 14.0. The average Bonchev–Trinajstić information content (AvgIpc) is 2.87. The highest BCUT2D eigenvalue weighted by atomic mass is 32.2. The summed E-state index contributed by atoms with van der Waals surface area (Å²) in [7, 11) is -2.02. The molecule has 0 amide bonds. The number of aryl methyl sites for hydroxylation is 1. The topological polar surface area (TPSA) is 101 Å². The number of aliphatic carboxylic acids is 1. The molecule has 0 aromatic carbocycles. The third kappa shape index (κ3) is 3.32. The molecule has 0 aliphatic rings. The Labute approximate surface area is 113 Å². The minimum atomic E-state index is -3.69. The van der Waals surface area contributed by atoms with Crippen LogP contribution in [0.3, 0.4) is 0 Å². The van der Waals surface area contributed by atoms with E-state index < -0.39 is 16.0 Å². The molecular weight excluding hydrogens is 290 g/mol. The fourth-order valence-electron chi connectivity index (χ4n) is 1.43. The van der Waals surface area contributed by atoms with Crippen LogP contribution in [0.4, 0.5) is 5.69 Å². The van der Waals surface area contributed by atoms with Crippen molar-refractivity contribution in [3.63, 3.8) is 0 Å². The quantitative estimate of drug-likeness (QED) is 0.854. The van der Waals surface area contributed by atoms with Gasteiger partial charge in [-0.25, -0.2) is 8.42 Å². The summed E-state index contributed by atoms with van der Waals surface area (Å²) in [4.78, 5) is 11.0. The Morgan fingerprint density at radius 2 is 2.26 bits per heavy atom. The first-order valence-electron chi connectivity index (χ1n) is 5.19. The van der Waals surface area contributed by atoms with Gasteiger partial charge in [0.1, 0.15) is 4.21 Å². The van der Waals surface area contributed by atoms with Crippen molar-refractivity contribution in [2.24, 2.45) is 7.05 Å². The lowest BCUT2D eigenvalue weighted by atomic mass is 10.3. The first kappa shape index (κ1) is 13.6. The number of sulfonamides is 1. The number of nitrogens with zero attached hydrogens (tertiary/aromatic N) is 2. The molecule has 0 bridgehead atoms. The van der Waals surface area contributed by atoms with Gasteiger partial charge in [0, 0.05) is 18.1 Å². The largest absolute Gasteiger partial charge is 0.481 e. The number of rotatable bonds is 5. The summed E-state index contributed by atoms with van der Waals surface area (Å²) in [5, 5.41) is 12.5. The van der Waals surface area contributed by atoms with Crippen molar-refractivity contribution in [1.82, 2.24) is 9.78 Å². The van der Waals surface area contributed by atoms with Crippen molar-refractivity contribution in [2.45, 2.75) is 10.6 Å². The summed E-state index contributed by atoms with van der Waals surface area (Å²) in [6.45, 7) is 0. The van der Waals surface area contributed by atoms with E-state index in [2.05, 4.69) is 9.82 Å². The van der Waals surface area contributed by atoms with E-state index in [4.69, 9.17) is 5.11 Å². The smallest absolute Gasteiger partial charge is 0.308 e. The van der Waals surface area contributed by atoms with E-state index in [1.807, 2.05) is 0 Å². The van der Waals surface area contributed by atoms with Crippen molar-refractivity contribution >= 4 is 33.0 Å². The molecule has 0 atom stereocenters. The maximum Gasteiger partial charge on any atom is 0.308 e. The third-order valence-corrected chi connectivity index (χ3v) is 5.14. The van der Waals surface area contributed by atoms with Gasteiger partial charge in [0.05, 0.1) is 18.3 Å². The Morgan fingerprint density at radius 3 is 2.84 bits per heavy atom. The molecule has 0 saturated carbocycles. The normalized spacial score (nSPS) is 11.4. The van der Waals surface area contributed by atoms with Gasteiger partial charge in [0.2, 0.25) is 0 Å². The summed E-state index contributed by atoms with van der Waals surface area (Å²) in [6.07, 6.45) is 2.74. The Kier molecular flexibility index (Phi) is 3.58. The summed E-state index contributed by atoms with van der Waals surface area (Å²) in [5.74, 6) is -0.994. The maximum atomic E-state index is 12.0. The number of carboxylic acid groups (broad SMARTS) is 1. The van der Waals surface area contributed by atoms with Gasteiger partial charge in [-0.3, -0.25) is 14.2 Å². The standard InChI is InChI=1S/C10H11N3O4S2/c1-13-6-7(5-11-13)12-19(16,17)10-3-2-8(18-10)4-9(14)15/h2-3,5-6,12H,4H2,1H3,(H,14,15). The molecule has 2 N–H and O–H groups in total. The van der Waals surface area contributed by atoms with Crippen LogP contribution < -0.4 is 4.72 Å². The number of anilines is 1. The molecule has 0 radical (unpaired) electrons. The number of hydrogen-bond donors (Lipinski definition) is 2. The molecule has 0 saturated heterocycles. The third-order valence-electron chi connectivity index (χ3n) is 2.18. The Hall–Kier alpha value is -1.87. The molecule has 7 nitrogen and oxygen atoms in total. The van der Waals surface area contributed by atoms with Crippen LogP contribution in [0.2, 0.25) is 0 Å². The monoisotopic (exact) mass is 301 g/mol. The number of carbonyl (C=O) groups is 1.